The molecule has 7 rings (SSSR count). The summed E-state index contributed by atoms with van der Waals surface area (Å²) in [6, 6.07) is 31.9. The highest BCUT2D eigenvalue weighted by Crippen LogP contribution is 2.60. The van der Waals surface area contributed by atoms with Gasteiger partial charge in [-0.1, -0.05) is 146 Å². The molecule has 2 radical (unpaired) electrons. The number of halogens is 2. The average molecular weight is 716 g/mol. The first kappa shape index (κ1) is 35.6. The zero-order valence-corrected chi connectivity index (χ0v) is 34.0. The first-order chi connectivity index (χ1) is 23.6. The second-order valence-corrected chi connectivity index (χ2v) is 20.7. The average Bonchev–Trinajstić information content (AvgIpc) is 3.43. The van der Waals surface area contributed by atoms with E-state index in [0.29, 0.717) is 5.92 Å². The van der Waals surface area contributed by atoms with Crippen LogP contribution in [0.15, 0.2) is 96.1 Å². The summed E-state index contributed by atoms with van der Waals surface area (Å²) in [5.74, 6) is 0.520. The maximum atomic E-state index is 8.22. The predicted molar refractivity (Wildman–Crippen MR) is 219 cm³/mol. The molecule has 50 heavy (non-hydrogen) atoms. The Kier molecular flexibility index (Phi) is 9.02. The number of hydrogen-bond donors (Lipinski definition) is 0. The normalized spacial score (nSPS) is 22.7. The van der Waals surface area contributed by atoms with Crippen LogP contribution in [-0.2, 0) is 19.8 Å². The summed E-state index contributed by atoms with van der Waals surface area (Å²) >= 11 is 16.3. The van der Waals surface area contributed by atoms with Gasteiger partial charge in [0.15, 0.2) is 0 Å². The predicted octanol–water partition coefficient (Wildman–Crippen LogP) is 14.0. The number of hydrogen-bond acceptors (Lipinski definition) is 0. The van der Waals surface area contributed by atoms with E-state index in [-0.39, 0.29) is 20.3 Å². The Morgan fingerprint density at radius 3 is 1.48 bits per heavy atom. The molecule has 0 heterocycles. The fourth-order valence-electron chi connectivity index (χ4n) is 8.84. The maximum Gasteiger partial charge on any atom is 0.118 e. The van der Waals surface area contributed by atoms with Gasteiger partial charge in [-0.05, 0) is 128 Å². The molecule has 3 aliphatic carbocycles. The van der Waals surface area contributed by atoms with Gasteiger partial charge in [-0.25, -0.2) is 0 Å². The van der Waals surface area contributed by atoms with Crippen LogP contribution >= 0.6 is 23.2 Å². The third-order valence-electron chi connectivity index (χ3n) is 12.0. The molecule has 0 nitrogen and oxygen atoms in total. The van der Waals surface area contributed by atoms with Gasteiger partial charge >= 0.3 is 0 Å². The molecule has 1 saturated carbocycles. The molecule has 0 spiro atoms. The summed E-state index contributed by atoms with van der Waals surface area (Å²) < 4.78 is -1.40. The fraction of sp³-hybridized carbons (Fsp3) is 0.404. The van der Waals surface area contributed by atoms with Crippen LogP contribution in [0.4, 0.5) is 0 Å². The van der Waals surface area contributed by atoms with Crippen LogP contribution in [0.3, 0.4) is 0 Å². The van der Waals surface area contributed by atoms with Crippen molar-refractivity contribution in [1.82, 2.24) is 0 Å². The molecule has 0 N–H and O–H groups in total. The summed E-state index contributed by atoms with van der Waals surface area (Å²) in [5.41, 5.74) is 18.3. The third kappa shape index (κ3) is 5.81. The lowest BCUT2D eigenvalue weighted by atomic mass is 9.79. The van der Waals surface area contributed by atoms with E-state index in [1.165, 1.54) is 110 Å². The van der Waals surface area contributed by atoms with Crippen molar-refractivity contribution < 1.29 is 0 Å². The van der Waals surface area contributed by atoms with Crippen molar-refractivity contribution in [2.75, 3.05) is 0 Å². The number of fused-ring (bicyclic) bond motifs is 2. The standard InChI is InChI=1S/C47H52Cl2Si/c1-29-30(2)46(48,39-19-13-17-37(41(29)39)32-21-25-35(26-22-32)44(4,5)6)50-47(49)31(3)42(34-15-11-10-12-16-34)43-38(18-14-20-40(43)47)33-23-27-36(28-24-33)45(7,8)9/h13-14,17-28,34H,10-12,15-16H2,1-9H3. The zero-order chi connectivity index (χ0) is 35.8. The number of benzene rings is 4. The molecule has 0 amide bonds. The highest BCUT2D eigenvalue weighted by atomic mass is 35.5. The first-order valence-corrected chi connectivity index (χ1v) is 20.4. The van der Waals surface area contributed by atoms with Gasteiger partial charge in [0.05, 0.1) is 8.99 Å². The summed E-state index contributed by atoms with van der Waals surface area (Å²) in [6.07, 6.45) is 6.34. The summed E-state index contributed by atoms with van der Waals surface area (Å²) in [4.78, 5) is 0. The number of allylic oxidation sites excluding steroid dienone is 4. The van der Waals surface area contributed by atoms with Gasteiger partial charge in [0, 0.05) is 0 Å². The Morgan fingerprint density at radius 1 is 0.560 bits per heavy atom. The fourth-order valence-corrected chi connectivity index (χ4v) is 12.2. The topological polar surface area (TPSA) is 0 Å². The molecule has 0 saturated heterocycles. The number of alkyl halides is 2. The van der Waals surface area contributed by atoms with E-state index in [9.17, 15) is 0 Å². The molecule has 3 heteroatoms. The molecule has 1 fully saturated rings. The molecular weight excluding hydrogens is 664 g/mol. The van der Waals surface area contributed by atoms with Crippen LogP contribution in [0, 0.1) is 5.92 Å². The van der Waals surface area contributed by atoms with Crippen LogP contribution in [0.5, 0.6) is 0 Å². The van der Waals surface area contributed by atoms with Crippen molar-refractivity contribution in [2.24, 2.45) is 5.92 Å². The van der Waals surface area contributed by atoms with Crippen LogP contribution < -0.4 is 0 Å². The quantitative estimate of drug-likeness (QED) is 0.143. The van der Waals surface area contributed by atoms with Crippen molar-refractivity contribution in [1.29, 1.82) is 0 Å². The molecule has 4 aromatic rings. The van der Waals surface area contributed by atoms with Crippen LogP contribution in [0.1, 0.15) is 128 Å². The molecule has 3 aliphatic rings. The van der Waals surface area contributed by atoms with Crippen molar-refractivity contribution in [3.05, 3.63) is 129 Å². The lowest BCUT2D eigenvalue weighted by Gasteiger charge is -2.35. The van der Waals surface area contributed by atoms with Crippen LogP contribution in [-0.4, -0.2) is 9.52 Å². The van der Waals surface area contributed by atoms with Gasteiger partial charge in [0.2, 0.25) is 0 Å². The Labute approximate surface area is 314 Å². The highest BCUT2D eigenvalue weighted by molar-refractivity contribution is 6.70. The van der Waals surface area contributed by atoms with E-state index in [4.69, 9.17) is 23.2 Å². The molecule has 258 valence electrons. The highest BCUT2D eigenvalue weighted by Gasteiger charge is 2.53. The van der Waals surface area contributed by atoms with Crippen molar-refractivity contribution in [2.45, 2.75) is 114 Å². The minimum atomic E-state index is -0.701. The third-order valence-corrected chi connectivity index (χ3v) is 15.5. The van der Waals surface area contributed by atoms with Gasteiger partial charge in [0.1, 0.15) is 9.52 Å². The molecular formula is C47H52Cl2Si. The Morgan fingerprint density at radius 2 is 1.00 bits per heavy atom. The second-order valence-electron chi connectivity index (χ2n) is 17.2. The maximum absolute atomic E-state index is 8.22. The van der Waals surface area contributed by atoms with Crippen LogP contribution in [0.25, 0.3) is 33.4 Å². The van der Waals surface area contributed by atoms with Crippen LogP contribution in [0.2, 0.25) is 0 Å². The number of rotatable bonds is 5. The zero-order valence-electron chi connectivity index (χ0n) is 31.5. The minimum Gasteiger partial charge on any atom is -0.114 e. The van der Waals surface area contributed by atoms with Gasteiger partial charge in [-0.3, -0.25) is 0 Å². The lowest BCUT2D eigenvalue weighted by Crippen LogP contribution is -2.40. The van der Waals surface area contributed by atoms with Gasteiger partial charge < -0.3 is 0 Å². The molecule has 2 unspecified atom stereocenters. The van der Waals surface area contributed by atoms with E-state index in [2.05, 4.69) is 147 Å². The van der Waals surface area contributed by atoms with E-state index in [1.54, 1.807) is 0 Å². The second kappa shape index (κ2) is 12.7. The molecule has 4 aromatic carbocycles. The van der Waals surface area contributed by atoms with Gasteiger partial charge in [-0.15, -0.1) is 23.2 Å². The molecule has 0 aliphatic heterocycles. The Bertz CT molecular complexity index is 2010. The van der Waals surface area contributed by atoms with Gasteiger partial charge in [-0.2, -0.15) is 0 Å². The summed E-state index contributed by atoms with van der Waals surface area (Å²) in [5, 5.41) is 0. The summed E-state index contributed by atoms with van der Waals surface area (Å²) in [7, 11) is 0.230. The SMILES string of the molecule is CC1=C(C)C(Cl)([Si]C2(Cl)C(C)=C(C3CCCCC3)c3c(-c4ccc(C(C)(C)C)cc4)cccc32)c2cccc(-c3ccc(C(C)(C)C)cc3)c21. The monoisotopic (exact) mass is 714 g/mol. The summed E-state index contributed by atoms with van der Waals surface area (Å²) in [6.45, 7) is 20.5. The van der Waals surface area contributed by atoms with Gasteiger partial charge in [0.25, 0.3) is 0 Å². The van der Waals surface area contributed by atoms with E-state index < -0.39 is 8.99 Å². The Balaban J connectivity index is 1.36. The van der Waals surface area contributed by atoms with Crippen molar-refractivity contribution >= 4 is 43.9 Å². The minimum absolute atomic E-state index is 0.110. The largest absolute Gasteiger partial charge is 0.118 e. The Hall–Kier alpha value is -2.84. The first-order valence-electron chi connectivity index (χ1n) is 18.6. The lowest BCUT2D eigenvalue weighted by molar-refractivity contribution is 0.429. The van der Waals surface area contributed by atoms with E-state index in [1.807, 2.05) is 0 Å². The smallest absolute Gasteiger partial charge is 0.114 e. The molecule has 0 aromatic heterocycles. The van der Waals surface area contributed by atoms with E-state index in [0.717, 1.165) is 0 Å². The molecule has 0 bridgehead atoms. The van der Waals surface area contributed by atoms with Crippen molar-refractivity contribution in [3.8, 4) is 22.3 Å². The molecule has 2 atom stereocenters. The van der Waals surface area contributed by atoms with Crippen molar-refractivity contribution in [3.63, 3.8) is 0 Å². The van der Waals surface area contributed by atoms with E-state index >= 15 is 0 Å².